The van der Waals surface area contributed by atoms with Crippen molar-refractivity contribution in [2.45, 2.75) is 33.2 Å². The van der Waals surface area contributed by atoms with Gasteiger partial charge in [-0.15, -0.1) is 0 Å². The molecular weight excluding hydrogens is 192 g/mol. The normalized spacial score (nSPS) is 13.5. The zero-order valence-corrected chi connectivity index (χ0v) is 10.3. The molecule has 0 amide bonds. The van der Waals surface area contributed by atoms with Gasteiger partial charge in [-0.25, -0.2) is 0 Å². The summed E-state index contributed by atoms with van der Waals surface area (Å²) < 4.78 is 0. The minimum atomic E-state index is -0.734. The van der Waals surface area contributed by atoms with Gasteiger partial charge in [0.2, 0.25) is 0 Å². The number of hydrogen-bond acceptors (Lipinski definition) is 3. The Kier molecular flexibility index (Phi) is 7.34. The van der Waals surface area contributed by atoms with Crippen LogP contribution in [0.2, 0.25) is 0 Å². The van der Waals surface area contributed by atoms with Gasteiger partial charge in [0.25, 0.3) is 0 Å². The van der Waals surface area contributed by atoms with E-state index < -0.39 is 5.97 Å². The van der Waals surface area contributed by atoms with Crippen molar-refractivity contribution >= 4 is 5.97 Å². The summed E-state index contributed by atoms with van der Waals surface area (Å²) in [6, 6.07) is 0.572. The van der Waals surface area contributed by atoms with Crippen molar-refractivity contribution in [2.24, 2.45) is 5.92 Å². The van der Waals surface area contributed by atoms with Gasteiger partial charge in [0, 0.05) is 12.6 Å². The second kappa shape index (κ2) is 7.65. The maximum atomic E-state index is 10.5. The van der Waals surface area contributed by atoms with Gasteiger partial charge in [-0.2, -0.15) is 0 Å². The molecule has 0 aromatic carbocycles. The SMILES string of the molecule is CC(CNCCCN(C)C(C)C)C(=O)O. The van der Waals surface area contributed by atoms with Crippen molar-refractivity contribution in [3.8, 4) is 0 Å². The predicted octanol–water partition coefficient (Wildman–Crippen LogP) is 1.03. The molecule has 1 unspecified atom stereocenters. The average Bonchev–Trinajstić information content (AvgIpc) is 2.16. The highest BCUT2D eigenvalue weighted by molar-refractivity contribution is 5.69. The van der Waals surface area contributed by atoms with Crippen LogP contribution in [0.5, 0.6) is 0 Å². The van der Waals surface area contributed by atoms with Crippen LogP contribution in [0.1, 0.15) is 27.2 Å². The van der Waals surface area contributed by atoms with E-state index in [0.717, 1.165) is 19.5 Å². The number of rotatable bonds is 8. The standard InChI is InChI=1S/C11H24N2O2/c1-9(2)13(4)7-5-6-12-8-10(3)11(14)15/h9-10,12H,5-8H2,1-4H3,(H,14,15). The summed E-state index contributed by atoms with van der Waals surface area (Å²) in [5.74, 6) is -1.03. The second-order valence-corrected chi connectivity index (χ2v) is 4.37. The van der Waals surface area contributed by atoms with E-state index >= 15 is 0 Å². The van der Waals surface area contributed by atoms with Crippen LogP contribution in [0, 0.1) is 5.92 Å². The molecule has 4 nitrogen and oxygen atoms in total. The second-order valence-electron chi connectivity index (χ2n) is 4.37. The van der Waals surface area contributed by atoms with Crippen molar-refractivity contribution < 1.29 is 9.90 Å². The molecule has 0 aliphatic carbocycles. The molecule has 0 aromatic heterocycles. The first-order valence-corrected chi connectivity index (χ1v) is 5.59. The van der Waals surface area contributed by atoms with Crippen LogP contribution in [0.25, 0.3) is 0 Å². The molecule has 4 heteroatoms. The molecule has 0 rings (SSSR count). The Morgan fingerprint density at radius 3 is 2.47 bits per heavy atom. The molecule has 0 bridgehead atoms. The van der Waals surface area contributed by atoms with Crippen LogP contribution in [0.4, 0.5) is 0 Å². The minimum Gasteiger partial charge on any atom is -0.481 e. The molecule has 1 atom stereocenters. The molecule has 0 heterocycles. The number of carboxylic acid groups (broad SMARTS) is 1. The molecule has 0 aliphatic rings. The third-order valence-electron chi connectivity index (χ3n) is 2.62. The van der Waals surface area contributed by atoms with Gasteiger partial charge < -0.3 is 15.3 Å². The van der Waals surface area contributed by atoms with E-state index in [1.54, 1.807) is 6.92 Å². The van der Waals surface area contributed by atoms with Crippen LogP contribution in [0.15, 0.2) is 0 Å². The summed E-state index contributed by atoms with van der Waals surface area (Å²) in [4.78, 5) is 12.8. The molecule has 0 saturated heterocycles. The zero-order chi connectivity index (χ0) is 11.8. The third-order valence-corrected chi connectivity index (χ3v) is 2.62. The average molecular weight is 216 g/mol. The van der Waals surface area contributed by atoms with Gasteiger partial charge in [-0.3, -0.25) is 4.79 Å². The molecule has 2 N–H and O–H groups in total. The number of hydrogen-bond donors (Lipinski definition) is 2. The molecule has 0 aliphatic heterocycles. The Hall–Kier alpha value is -0.610. The van der Waals surface area contributed by atoms with Gasteiger partial charge in [0.15, 0.2) is 0 Å². The van der Waals surface area contributed by atoms with Crippen molar-refractivity contribution in [2.75, 3.05) is 26.7 Å². The maximum Gasteiger partial charge on any atom is 0.307 e. The zero-order valence-electron chi connectivity index (χ0n) is 10.3. The van der Waals surface area contributed by atoms with Gasteiger partial charge in [-0.1, -0.05) is 6.92 Å². The van der Waals surface area contributed by atoms with E-state index in [1.807, 2.05) is 0 Å². The summed E-state index contributed by atoms with van der Waals surface area (Å²) in [5, 5.41) is 11.8. The summed E-state index contributed by atoms with van der Waals surface area (Å²) in [6.07, 6.45) is 1.06. The molecule has 15 heavy (non-hydrogen) atoms. The summed E-state index contributed by atoms with van der Waals surface area (Å²) in [7, 11) is 2.10. The van der Waals surface area contributed by atoms with Crippen molar-refractivity contribution in [3.05, 3.63) is 0 Å². The first-order valence-electron chi connectivity index (χ1n) is 5.59. The van der Waals surface area contributed by atoms with E-state index in [-0.39, 0.29) is 5.92 Å². The van der Waals surface area contributed by atoms with Crippen LogP contribution >= 0.6 is 0 Å². The number of aliphatic carboxylic acids is 1. The lowest BCUT2D eigenvalue weighted by atomic mass is 10.2. The lowest BCUT2D eigenvalue weighted by Crippen LogP contribution is -2.31. The van der Waals surface area contributed by atoms with Crippen LogP contribution < -0.4 is 5.32 Å². The van der Waals surface area contributed by atoms with E-state index in [4.69, 9.17) is 5.11 Å². The Bertz CT molecular complexity index is 183. The lowest BCUT2D eigenvalue weighted by Gasteiger charge is -2.20. The number of carboxylic acids is 1. The highest BCUT2D eigenvalue weighted by Gasteiger charge is 2.09. The number of nitrogens with zero attached hydrogens (tertiary/aromatic N) is 1. The number of carbonyl (C=O) groups is 1. The van der Waals surface area contributed by atoms with Crippen LogP contribution in [-0.2, 0) is 4.79 Å². The van der Waals surface area contributed by atoms with Gasteiger partial charge in [0.05, 0.1) is 5.92 Å². The largest absolute Gasteiger partial charge is 0.481 e. The van der Waals surface area contributed by atoms with E-state index in [1.165, 1.54) is 0 Å². The molecule has 0 aromatic rings. The van der Waals surface area contributed by atoms with Crippen molar-refractivity contribution in [1.82, 2.24) is 10.2 Å². The molecule has 90 valence electrons. The lowest BCUT2D eigenvalue weighted by molar-refractivity contribution is -0.140. The quantitative estimate of drug-likeness (QED) is 0.595. The highest BCUT2D eigenvalue weighted by Crippen LogP contribution is 1.95. The number of nitrogens with one attached hydrogen (secondary N) is 1. The fraction of sp³-hybridized carbons (Fsp3) is 0.909. The molecule has 0 spiro atoms. The first kappa shape index (κ1) is 14.4. The van der Waals surface area contributed by atoms with Gasteiger partial charge in [-0.05, 0) is 40.4 Å². The molecule has 0 radical (unpaired) electrons. The van der Waals surface area contributed by atoms with E-state index in [9.17, 15) is 4.79 Å². The summed E-state index contributed by atoms with van der Waals surface area (Å²) in [6.45, 7) is 8.54. The molecular formula is C11H24N2O2. The monoisotopic (exact) mass is 216 g/mol. The Labute approximate surface area is 92.7 Å². The topological polar surface area (TPSA) is 52.6 Å². The Morgan fingerprint density at radius 2 is 2.00 bits per heavy atom. The Morgan fingerprint density at radius 1 is 1.40 bits per heavy atom. The third kappa shape index (κ3) is 7.33. The highest BCUT2D eigenvalue weighted by atomic mass is 16.4. The smallest absolute Gasteiger partial charge is 0.307 e. The van der Waals surface area contributed by atoms with Crippen molar-refractivity contribution in [3.63, 3.8) is 0 Å². The van der Waals surface area contributed by atoms with Crippen molar-refractivity contribution in [1.29, 1.82) is 0 Å². The first-order chi connectivity index (χ1) is 6.95. The van der Waals surface area contributed by atoms with Crippen LogP contribution in [0.3, 0.4) is 0 Å². The predicted molar refractivity (Wildman–Crippen MR) is 62.1 cm³/mol. The fourth-order valence-corrected chi connectivity index (χ4v) is 1.12. The van der Waals surface area contributed by atoms with E-state index in [2.05, 4.69) is 31.1 Å². The van der Waals surface area contributed by atoms with Crippen LogP contribution in [-0.4, -0.2) is 48.7 Å². The summed E-state index contributed by atoms with van der Waals surface area (Å²) >= 11 is 0. The maximum absolute atomic E-state index is 10.5. The van der Waals surface area contributed by atoms with Gasteiger partial charge >= 0.3 is 5.97 Å². The Balaban J connectivity index is 3.36. The minimum absolute atomic E-state index is 0.298. The summed E-state index contributed by atoms with van der Waals surface area (Å²) in [5.41, 5.74) is 0. The fourth-order valence-electron chi connectivity index (χ4n) is 1.12. The molecule has 0 saturated carbocycles. The van der Waals surface area contributed by atoms with Gasteiger partial charge in [0.1, 0.15) is 0 Å². The van der Waals surface area contributed by atoms with E-state index in [0.29, 0.717) is 12.6 Å². The molecule has 0 fully saturated rings.